The van der Waals surface area contributed by atoms with Crippen LogP contribution in [-0.4, -0.2) is 62.1 Å². The number of nitrogens with zero attached hydrogens (tertiary/aromatic N) is 1. The first-order valence-corrected chi connectivity index (χ1v) is 8.56. The summed E-state index contributed by atoms with van der Waals surface area (Å²) in [5.74, 6) is -3.31. The average molecular weight is 362 g/mol. The van der Waals surface area contributed by atoms with E-state index in [0.29, 0.717) is 6.42 Å². The van der Waals surface area contributed by atoms with Crippen molar-refractivity contribution in [2.24, 2.45) is 0 Å². The van der Waals surface area contributed by atoms with Crippen molar-refractivity contribution in [1.82, 2.24) is 14.9 Å². The number of amides is 1. The molecule has 0 aliphatic carbocycles. The molecule has 0 spiro atoms. The van der Waals surface area contributed by atoms with Crippen LogP contribution in [0.2, 0.25) is 0 Å². The number of carbonyl (C=O) groups is 1. The second-order valence-electron chi connectivity index (χ2n) is 6.01. The molecule has 1 amide bonds. The Hall–Kier alpha value is -0.510. The van der Waals surface area contributed by atoms with E-state index in [9.17, 15) is 22.0 Å². The van der Waals surface area contributed by atoms with Crippen molar-refractivity contribution in [3.8, 4) is 0 Å². The lowest BCUT2D eigenvalue weighted by Crippen LogP contribution is -2.44. The minimum atomic E-state index is -3.48. The lowest BCUT2D eigenvalue weighted by Gasteiger charge is -2.21. The highest BCUT2D eigenvalue weighted by molar-refractivity contribution is 7.90. The number of hydrogen-bond donors (Lipinski definition) is 2. The molecule has 0 aromatic rings. The predicted molar refractivity (Wildman–Crippen MR) is 80.8 cm³/mol. The highest BCUT2D eigenvalue weighted by atomic mass is 35.5. The predicted octanol–water partition coefficient (Wildman–Crippen LogP) is 0.334. The van der Waals surface area contributed by atoms with E-state index in [1.54, 1.807) is 13.8 Å². The van der Waals surface area contributed by atoms with Crippen molar-refractivity contribution in [2.45, 2.75) is 49.9 Å². The minimum absolute atomic E-state index is 0. The first kappa shape index (κ1) is 19.5. The number of rotatable bonds is 4. The van der Waals surface area contributed by atoms with Gasteiger partial charge in [0.15, 0.2) is 0 Å². The van der Waals surface area contributed by atoms with E-state index >= 15 is 0 Å². The van der Waals surface area contributed by atoms with Gasteiger partial charge < -0.3 is 4.90 Å². The van der Waals surface area contributed by atoms with Gasteiger partial charge in [-0.1, -0.05) is 0 Å². The zero-order valence-corrected chi connectivity index (χ0v) is 14.1. The zero-order valence-electron chi connectivity index (χ0n) is 12.5. The molecule has 22 heavy (non-hydrogen) atoms. The van der Waals surface area contributed by atoms with E-state index < -0.39 is 46.1 Å². The standard InChI is InChI=1S/C12H21F2N3O3S.ClH/c1-8(2)16-21(19,20)9-3-4-17(6-9)11(18)10-5-12(13,14)7-15-10;/h8-10,15-16H,3-7H2,1-2H3;1H. The summed E-state index contributed by atoms with van der Waals surface area (Å²) >= 11 is 0. The molecule has 0 saturated carbocycles. The monoisotopic (exact) mass is 361 g/mol. The molecule has 0 aromatic heterocycles. The van der Waals surface area contributed by atoms with E-state index in [2.05, 4.69) is 10.0 Å². The molecule has 2 fully saturated rings. The Morgan fingerprint density at radius 3 is 2.55 bits per heavy atom. The Labute approximate surface area is 135 Å². The van der Waals surface area contributed by atoms with Gasteiger partial charge in [0.25, 0.3) is 5.92 Å². The molecule has 2 aliphatic rings. The van der Waals surface area contributed by atoms with Gasteiger partial charge in [-0.2, -0.15) is 0 Å². The van der Waals surface area contributed by atoms with Crippen molar-refractivity contribution in [3.63, 3.8) is 0 Å². The van der Waals surface area contributed by atoms with Gasteiger partial charge in [0.05, 0.1) is 17.8 Å². The van der Waals surface area contributed by atoms with Crippen molar-refractivity contribution < 1.29 is 22.0 Å². The molecule has 0 radical (unpaired) electrons. The van der Waals surface area contributed by atoms with Gasteiger partial charge in [-0.3, -0.25) is 10.1 Å². The Morgan fingerprint density at radius 1 is 1.41 bits per heavy atom. The summed E-state index contributed by atoms with van der Waals surface area (Å²) in [6, 6.07) is -1.13. The Morgan fingerprint density at radius 2 is 2.05 bits per heavy atom. The highest BCUT2D eigenvalue weighted by Gasteiger charge is 2.45. The van der Waals surface area contributed by atoms with E-state index in [4.69, 9.17) is 0 Å². The zero-order chi connectivity index (χ0) is 15.8. The van der Waals surface area contributed by atoms with Gasteiger partial charge >= 0.3 is 0 Å². The summed E-state index contributed by atoms with van der Waals surface area (Å²) < 4.78 is 52.8. The Kier molecular flexibility index (Phi) is 6.16. The van der Waals surface area contributed by atoms with Gasteiger partial charge in [0.2, 0.25) is 15.9 Å². The fourth-order valence-electron chi connectivity index (χ4n) is 2.72. The normalized spacial score (nSPS) is 28.0. The lowest BCUT2D eigenvalue weighted by atomic mass is 10.2. The van der Waals surface area contributed by atoms with Crippen LogP contribution in [0.5, 0.6) is 0 Å². The summed E-state index contributed by atoms with van der Waals surface area (Å²) in [6.45, 7) is 3.28. The van der Waals surface area contributed by atoms with Crippen LogP contribution >= 0.6 is 12.4 Å². The molecule has 2 N–H and O–H groups in total. The van der Waals surface area contributed by atoms with E-state index in [-0.39, 0.29) is 31.5 Å². The number of carbonyl (C=O) groups excluding carboxylic acids is 1. The molecular formula is C12H22ClF2N3O3S. The number of hydrogen-bond acceptors (Lipinski definition) is 4. The number of halogens is 3. The number of likely N-dealkylation sites (tertiary alicyclic amines) is 1. The molecule has 2 atom stereocenters. The molecule has 130 valence electrons. The summed E-state index contributed by atoms with van der Waals surface area (Å²) in [5.41, 5.74) is 0. The maximum Gasteiger partial charge on any atom is 0.262 e. The lowest BCUT2D eigenvalue weighted by molar-refractivity contribution is -0.132. The fraction of sp³-hybridized carbons (Fsp3) is 0.917. The van der Waals surface area contributed by atoms with Crippen LogP contribution in [0.15, 0.2) is 0 Å². The third kappa shape index (κ3) is 4.50. The summed E-state index contributed by atoms with van der Waals surface area (Å²) in [7, 11) is -3.48. The van der Waals surface area contributed by atoms with Crippen LogP contribution in [-0.2, 0) is 14.8 Å². The maximum absolute atomic E-state index is 13.1. The summed E-state index contributed by atoms with van der Waals surface area (Å²) in [6.07, 6.45) is -0.194. The van der Waals surface area contributed by atoms with Crippen LogP contribution in [0.25, 0.3) is 0 Å². The third-order valence-corrected chi connectivity index (χ3v) is 5.77. The molecule has 2 aliphatic heterocycles. The van der Waals surface area contributed by atoms with Crippen molar-refractivity contribution in [2.75, 3.05) is 19.6 Å². The first-order chi connectivity index (χ1) is 9.61. The van der Waals surface area contributed by atoms with Gasteiger partial charge in [-0.25, -0.2) is 21.9 Å². The molecule has 2 unspecified atom stereocenters. The fourth-order valence-corrected chi connectivity index (χ4v) is 4.36. The SMILES string of the molecule is CC(C)NS(=O)(=O)C1CCN(C(=O)C2CC(F)(F)CN2)C1.Cl. The largest absolute Gasteiger partial charge is 0.340 e. The smallest absolute Gasteiger partial charge is 0.262 e. The minimum Gasteiger partial charge on any atom is -0.340 e. The Balaban J connectivity index is 0.00000242. The molecule has 2 rings (SSSR count). The summed E-state index contributed by atoms with van der Waals surface area (Å²) in [5, 5.41) is 1.83. The number of sulfonamides is 1. The quantitative estimate of drug-likeness (QED) is 0.756. The highest BCUT2D eigenvalue weighted by Crippen LogP contribution is 2.27. The molecule has 0 aromatic carbocycles. The average Bonchev–Trinajstić information content (AvgIpc) is 2.93. The molecular weight excluding hydrogens is 340 g/mol. The maximum atomic E-state index is 13.1. The van der Waals surface area contributed by atoms with Crippen molar-refractivity contribution >= 4 is 28.3 Å². The van der Waals surface area contributed by atoms with Crippen molar-refractivity contribution in [1.29, 1.82) is 0 Å². The van der Waals surface area contributed by atoms with Gasteiger partial charge in [-0.05, 0) is 20.3 Å². The molecule has 2 heterocycles. The number of nitrogens with one attached hydrogen (secondary N) is 2. The van der Waals surface area contributed by atoms with Crippen LogP contribution in [0, 0.1) is 0 Å². The first-order valence-electron chi connectivity index (χ1n) is 7.02. The van der Waals surface area contributed by atoms with Gasteiger partial charge in [-0.15, -0.1) is 12.4 Å². The molecule has 0 bridgehead atoms. The van der Waals surface area contributed by atoms with E-state index in [0.717, 1.165) is 0 Å². The molecule has 2 saturated heterocycles. The van der Waals surface area contributed by atoms with Gasteiger partial charge in [0.1, 0.15) is 0 Å². The molecule has 10 heteroatoms. The van der Waals surface area contributed by atoms with Crippen LogP contribution in [0.1, 0.15) is 26.7 Å². The topological polar surface area (TPSA) is 78.5 Å². The van der Waals surface area contributed by atoms with Gasteiger partial charge in [0, 0.05) is 25.6 Å². The van der Waals surface area contributed by atoms with Crippen LogP contribution in [0.3, 0.4) is 0 Å². The van der Waals surface area contributed by atoms with Crippen molar-refractivity contribution in [3.05, 3.63) is 0 Å². The summed E-state index contributed by atoms with van der Waals surface area (Å²) in [4.78, 5) is 13.5. The van der Waals surface area contributed by atoms with E-state index in [1.165, 1.54) is 4.90 Å². The van der Waals surface area contributed by atoms with Crippen LogP contribution in [0.4, 0.5) is 8.78 Å². The third-order valence-electron chi connectivity index (χ3n) is 3.70. The second-order valence-corrected chi connectivity index (χ2v) is 8.00. The Bertz CT molecular complexity index is 516. The van der Waals surface area contributed by atoms with E-state index in [1.807, 2.05) is 0 Å². The van der Waals surface area contributed by atoms with Crippen LogP contribution < -0.4 is 10.0 Å². The molecule has 6 nitrogen and oxygen atoms in total. The number of alkyl halides is 2. The second kappa shape index (κ2) is 6.94.